The molecule has 0 amide bonds. The molecule has 0 aliphatic heterocycles. The van der Waals surface area contributed by atoms with Crippen LogP contribution in [-0.2, 0) is 4.74 Å². The van der Waals surface area contributed by atoms with Gasteiger partial charge in [0.25, 0.3) is 0 Å². The molecule has 1 heterocycles. The number of H-pyrrole nitrogens is 1. The fraction of sp³-hybridized carbons (Fsp3) is 0.500. The van der Waals surface area contributed by atoms with E-state index in [2.05, 4.69) is 14.9 Å². The highest BCUT2D eigenvalue weighted by Gasteiger charge is 2.26. The number of aromatic nitrogens is 2. The van der Waals surface area contributed by atoms with Crippen molar-refractivity contribution in [1.29, 1.82) is 0 Å². The molecule has 1 aromatic heterocycles. The van der Waals surface area contributed by atoms with Gasteiger partial charge in [0, 0.05) is 11.6 Å². The molecule has 1 aromatic rings. The van der Waals surface area contributed by atoms with Gasteiger partial charge in [-0.3, -0.25) is 5.10 Å². The highest BCUT2D eigenvalue weighted by atomic mass is 16.5. The van der Waals surface area contributed by atoms with E-state index < -0.39 is 0 Å². The smallest absolute Gasteiger partial charge is 0.358 e. The Balaban J connectivity index is 2.17. The first kappa shape index (κ1) is 7.34. The topological polar surface area (TPSA) is 55.0 Å². The van der Waals surface area contributed by atoms with Crippen LogP contribution in [-0.4, -0.2) is 23.3 Å². The number of nitrogens with one attached hydrogen (secondary N) is 1. The highest BCUT2D eigenvalue weighted by Crippen LogP contribution is 2.38. The second-order valence-corrected chi connectivity index (χ2v) is 2.97. The van der Waals surface area contributed by atoms with E-state index in [1.54, 1.807) is 6.07 Å². The first-order chi connectivity index (χ1) is 5.81. The molecule has 2 rings (SSSR count). The molecule has 0 saturated heterocycles. The number of hydrogen-bond acceptors (Lipinski definition) is 3. The summed E-state index contributed by atoms with van der Waals surface area (Å²) in [5, 5.41) is 6.68. The Morgan fingerprint density at radius 1 is 1.75 bits per heavy atom. The number of carbonyl (C=O) groups is 1. The second kappa shape index (κ2) is 2.62. The molecule has 1 fully saturated rings. The van der Waals surface area contributed by atoms with Crippen molar-refractivity contribution >= 4 is 5.97 Å². The molecule has 1 N–H and O–H groups in total. The lowest BCUT2D eigenvalue weighted by Crippen LogP contribution is -2.00. The van der Waals surface area contributed by atoms with E-state index in [9.17, 15) is 4.79 Å². The van der Waals surface area contributed by atoms with Gasteiger partial charge in [-0.1, -0.05) is 0 Å². The first-order valence-corrected chi connectivity index (χ1v) is 3.95. The molecular weight excluding hydrogens is 156 g/mol. The summed E-state index contributed by atoms with van der Waals surface area (Å²) >= 11 is 0. The lowest BCUT2D eigenvalue weighted by atomic mass is 10.3. The molecule has 0 unspecified atom stereocenters. The fourth-order valence-electron chi connectivity index (χ4n) is 1.15. The lowest BCUT2D eigenvalue weighted by molar-refractivity contribution is 0.0594. The molecule has 12 heavy (non-hydrogen) atoms. The van der Waals surface area contributed by atoms with E-state index in [4.69, 9.17) is 0 Å². The van der Waals surface area contributed by atoms with Crippen molar-refractivity contribution in [3.05, 3.63) is 17.5 Å². The van der Waals surface area contributed by atoms with E-state index in [1.807, 2.05) is 0 Å². The molecule has 1 aliphatic carbocycles. The van der Waals surface area contributed by atoms with E-state index >= 15 is 0 Å². The third-order valence-corrected chi connectivity index (χ3v) is 2.01. The number of ether oxygens (including phenoxy) is 1. The zero-order chi connectivity index (χ0) is 8.55. The summed E-state index contributed by atoms with van der Waals surface area (Å²) in [4.78, 5) is 11.0. The quantitative estimate of drug-likeness (QED) is 0.668. The Morgan fingerprint density at radius 3 is 3.08 bits per heavy atom. The van der Waals surface area contributed by atoms with Gasteiger partial charge in [-0.05, 0) is 18.9 Å². The summed E-state index contributed by atoms with van der Waals surface area (Å²) in [6.07, 6.45) is 2.39. The van der Waals surface area contributed by atoms with E-state index in [1.165, 1.54) is 20.0 Å². The average Bonchev–Trinajstić information content (AvgIpc) is 2.83. The number of carbonyl (C=O) groups excluding carboxylic acids is 1. The molecule has 1 saturated carbocycles. The van der Waals surface area contributed by atoms with Crippen LogP contribution in [0.1, 0.15) is 34.9 Å². The van der Waals surface area contributed by atoms with Crippen LogP contribution in [0.2, 0.25) is 0 Å². The maximum atomic E-state index is 11.0. The highest BCUT2D eigenvalue weighted by molar-refractivity contribution is 5.87. The van der Waals surface area contributed by atoms with Gasteiger partial charge < -0.3 is 4.74 Å². The van der Waals surface area contributed by atoms with E-state index in [-0.39, 0.29) is 5.97 Å². The maximum absolute atomic E-state index is 11.0. The molecule has 0 atom stereocenters. The van der Waals surface area contributed by atoms with Crippen molar-refractivity contribution in [2.45, 2.75) is 18.8 Å². The molecule has 4 nitrogen and oxygen atoms in total. The van der Waals surface area contributed by atoms with Crippen LogP contribution in [0.5, 0.6) is 0 Å². The number of nitrogens with zero attached hydrogens (tertiary/aromatic N) is 1. The summed E-state index contributed by atoms with van der Waals surface area (Å²) in [7, 11) is 1.35. The minimum Gasteiger partial charge on any atom is -0.464 e. The minimum absolute atomic E-state index is 0.374. The standard InChI is InChI=1S/C8H10N2O2/c1-12-8(11)7-4-6(9-10-7)5-2-3-5/h4-5H,2-3H2,1H3,(H,9,10). The molecule has 0 aromatic carbocycles. The van der Waals surface area contributed by atoms with Crippen molar-refractivity contribution in [2.24, 2.45) is 0 Å². The van der Waals surface area contributed by atoms with Gasteiger partial charge in [0.1, 0.15) is 0 Å². The molecule has 0 spiro atoms. The van der Waals surface area contributed by atoms with Crippen molar-refractivity contribution in [3.63, 3.8) is 0 Å². The third kappa shape index (κ3) is 1.20. The van der Waals surface area contributed by atoms with Crippen LogP contribution in [0.4, 0.5) is 0 Å². The Kier molecular flexibility index (Phi) is 1.60. The number of methoxy groups -OCH3 is 1. The van der Waals surface area contributed by atoms with E-state index in [0.717, 1.165) is 5.69 Å². The van der Waals surface area contributed by atoms with Gasteiger partial charge in [-0.25, -0.2) is 4.79 Å². The van der Waals surface area contributed by atoms with Gasteiger partial charge in [0.15, 0.2) is 5.69 Å². The van der Waals surface area contributed by atoms with Gasteiger partial charge >= 0.3 is 5.97 Å². The van der Waals surface area contributed by atoms with Crippen LogP contribution < -0.4 is 0 Å². The third-order valence-electron chi connectivity index (χ3n) is 2.01. The van der Waals surface area contributed by atoms with Gasteiger partial charge in [-0.15, -0.1) is 0 Å². The first-order valence-electron chi connectivity index (χ1n) is 3.95. The van der Waals surface area contributed by atoms with Crippen LogP contribution in [0.15, 0.2) is 6.07 Å². The molecular formula is C8H10N2O2. The van der Waals surface area contributed by atoms with Gasteiger partial charge in [-0.2, -0.15) is 5.10 Å². The van der Waals surface area contributed by atoms with Crippen LogP contribution in [0.3, 0.4) is 0 Å². The Hall–Kier alpha value is -1.32. The number of rotatable bonds is 2. The lowest BCUT2D eigenvalue weighted by Gasteiger charge is -1.89. The maximum Gasteiger partial charge on any atom is 0.358 e. The predicted octanol–water partition coefficient (Wildman–Crippen LogP) is 1.07. The van der Waals surface area contributed by atoms with Crippen LogP contribution >= 0.6 is 0 Å². The Labute approximate surface area is 69.9 Å². The van der Waals surface area contributed by atoms with E-state index in [0.29, 0.717) is 11.6 Å². The van der Waals surface area contributed by atoms with Gasteiger partial charge in [0.2, 0.25) is 0 Å². The summed E-state index contributed by atoms with van der Waals surface area (Å²) < 4.78 is 4.53. The number of hydrogen-bond donors (Lipinski definition) is 1. The fourth-order valence-corrected chi connectivity index (χ4v) is 1.15. The number of esters is 1. The van der Waals surface area contributed by atoms with Crippen LogP contribution in [0, 0.1) is 0 Å². The van der Waals surface area contributed by atoms with Crippen molar-refractivity contribution in [2.75, 3.05) is 7.11 Å². The zero-order valence-corrected chi connectivity index (χ0v) is 6.83. The van der Waals surface area contributed by atoms with Crippen molar-refractivity contribution in [1.82, 2.24) is 10.2 Å². The summed E-state index contributed by atoms with van der Waals surface area (Å²) in [6.45, 7) is 0. The minimum atomic E-state index is -0.377. The van der Waals surface area contributed by atoms with Crippen molar-refractivity contribution in [3.8, 4) is 0 Å². The van der Waals surface area contributed by atoms with Gasteiger partial charge in [0.05, 0.1) is 7.11 Å². The second-order valence-electron chi connectivity index (χ2n) is 2.97. The molecule has 64 valence electrons. The molecule has 0 radical (unpaired) electrons. The van der Waals surface area contributed by atoms with Crippen molar-refractivity contribution < 1.29 is 9.53 Å². The monoisotopic (exact) mass is 166 g/mol. The van der Waals surface area contributed by atoms with Crippen LogP contribution in [0.25, 0.3) is 0 Å². The molecule has 4 heteroatoms. The largest absolute Gasteiger partial charge is 0.464 e. The number of aromatic amines is 1. The summed E-state index contributed by atoms with van der Waals surface area (Å²) in [5.41, 5.74) is 1.43. The SMILES string of the molecule is COC(=O)c1cc(C2CC2)[nH]n1. The molecule has 1 aliphatic rings. The predicted molar refractivity (Wildman–Crippen MR) is 41.9 cm³/mol. The average molecular weight is 166 g/mol. The Morgan fingerprint density at radius 2 is 2.50 bits per heavy atom. The zero-order valence-electron chi connectivity index (χ0n) is 6.83. The summed E-state index contributed by atoms with van der Waals surface area (Å²) in [6, 6.07) is 1.77. The summed E-state index contributed by atoms with van der Waals surface area (Å²) in [5.74, 6) is 0.217. The Bertz CT molecular complexity index is 302. The molecule has 0 bridgehead atoms. The normalized spacial score (nSPS) is 16.1.